The summed E-state index contributed by atoms with van der Waals surface area (Å²) < 4.78 is 10.3. The molecule has 2 rings (SSSR count). The lowest BCUT2D eigenvalue weighted by molar-refractivity contribution is 0.283. The van der Waals surface area contributed by atoms with Gasteiger partial charge in [-0.3, -0.25) is 0 Å². The molecule has 2 aromatic rings. The molecular formula is C12H14N2O2. The predicted octanol–water partition coefficient (Wildman–Crippen LogP) is 2.77. The second kappa shape index (κ2) is 4.79. The molecule has 4 nitrogen and oxygen atoms in total. The minimum absolute atomic E-state index is 0.334. The summed E-state index contributed by atoms with van der Waals surface area (Å²) >= 11 is 0. The van der Waals surface area contributed by atoms with E-state index in [1.807, 2.05) is 18.2 Å². The van der Waals surface area contributed by atoms with Gasteiger partial charge in [0.1, 0.15) is 5.75 Å². The maximum atomic E-state index is 5.66. The quantitative estimate of drug-likeness (QED) is 0.791. The minimum atomic E-state index is 0.334. The molecule has 1 heterocycles. The molecule has 0 fully saturated rings. The Labute approximate surface area is 94.2 Å². The van der Waals surface area contributed by atoms with Crippen molar-refractivity contribution in [3.8, 4) is 5.75 Å². The molecule has 0 N–H and O–H groups in total. The lowest BCUT2D eigenvalue weighted by Crippen LogP contribution is -2.00. The number of para-hydroxylation sites is 1. The molecule has 0 radical (unpaired) electrons. The minimum Gasteiger partial charge on any atom is -0.485 e. The standard InChI is InChI=1S/C12H14N2O2/c1-9(2)10-5-3-4-6-11(10)15-7-12-13-8-16-14-12/h3-6,8-9H,7H2,1-2H3. The average Bonchev–Trinajstić information content (AvgIpc) is 2.79. The Hall–Kier alpha value is -1.84. The lowest BCUT2D eigenvalue weighted by Gasteiger charge is -2.12. The zero-order chi connectivity index (χ0) is 11.4. The van der Waals surface area contributed by atoms with Crippen LogP contribution < -0.4 is 4.74 Å². The maximum absolute atomic E-state index is 5.66. The fourth-order valence-corrected chi connectivity index (χ4v) is 1.49. The van der Waals surface area contributed by atoms with Gasteiger partial charge in [0, 0.05) is 0 Å². The second-order valence-corrected chi connectivity index (χ2v) is 3.83. The van der Waals surface area contributed by atoms with Crippen LogP contribution in [0.1, 0.15) is 31.2 Å². The van der Waals surface area contributed by atoms with Gasteiger partial charge in [0.25, 0.3) is 0 Å². The number of benzene rings is 1. The molecule has 16 heavy (non-hydrogen) atoms. The monoisotopic (exact) mass is 218 g/mol. The summed E-state index contributed by atoms with van der Waals surface area (Å²) in [5, 5.41) is 3.69. The number of hydrogen-bond acceptors (Lipinski definition) is 4. The first-order valence-corrected chi connectivity index (χ1v) is 5.24. The van der Waals surface area contributed by atoms with Gasteiger partial charge < -0.3 is 9.26 Å². The Morgan fingerprint density at radius 2 is 2.12 bits per heavy atom. The first-order valence-electron chi connectivity index (χ1n) is 5.24. The molecular weight excluding hydrogens is 204 g/mol. The Morgan fingerprint density at radius 3 is 2.81 bits per heavy atom. The number of nitrogens with zero attached hydrogens (tertiary/aromatic N) is 2. The highest BCUT2D eigenvalue weighted by Gasteiger charge is 2.07. The highest BCUT2D eigenvalue weighted by molar-refractivity contribution is 5.35. The first kappa shape index (κ1) is 10.7. The Kier molecular flexibility index (Phi) is 3.19. The molecule has 0 spiro atoms. The summed E-state index contributed by atoms with van der Waals surface area (Å²) in [5.41, 5.74) is 1.19. The Bertz CT molecular complexity index is 438. The van der Waals surface area contributed by atoms with Crippen LogP contribution in [0.4, 0.5) is 0 Å². The molecule has 0 atom stereocenters. The van der Waals surface area contributed by atoms with Crippen molar-refractivity contribution < 1.29 is 9.26 Å². The molecule has 4 heteroatoms. The summed E-state index contributed by atoms with van der Waals surface area (Å²) in [4.78, 5) is 3.90. The molecule has 0 aliphatic rings. The van der Waals surface area contributed by atoms with Gasteiger partial charge in [-0.2, -0.15) is 4.98 Å². The highest BCUT2D eigenvalue weighted by atomic mass is 16.5. The van der Waals surface area contributed by atoms with Crippen molar-refractivity contribution in [2.75, 3.05) is 0 Å². The van der Waals surface area contributed by atoms with Crippen LogP contribution in [0.2, 0.25) is 0 Å². The van der Waals surface area contributed by atoms with Crippen molar-refractivity contribution in [2.24, 2.45) is 0 Å². The van der Waals surface area contributed by atoms with Gasteiger partial charge in [-0.1, -0.05) is 37.2 Å². The van der Waals surface area contributed by atoms with E-state index in [9.17, 15) is 0 Å². The van der Waals surface area contributed by atoms with Crippen LogP contribution in [0.5, 0.6) is 5.75 Å². The van der Waals surface area contributed by atoms with Gasteiger partial charge in [0.2, 0.25) is 12.2 Å². The molecule has 0 saturated heterocycles. The van der Waals surface area contributed by atoms with Crippen LogP contribution in [0, 0.1) is 0 Å². The van der Waals surface area contributed by atoms with Crippen LogP contribution in [0.25, 0.3) is 0 Å². The summed E-state index contributed by atoms with van der Waals surface area (Å²) in [6.45, 7) is 4.60. The van der Waals surface area contributed by atoms with E-state index in [0.29, 0.717) is 18.3 Å². The molecule has 0 unspecified atom stereocenters. The van der Waals surface area contributed by atoms with Crippen LogP contribution >= 0.6 is 0 Å². The molecule has 0 aliphatic heterocycles. The number of ether oxygens (including phenoxy) is 1. The predicted molar refractivity (Wildman–Crippen MR) is 59.2 cm³/mol. The zero-order valence-corrected chi connectivity index (χ0v) is 9.38. The Morgan fingerprint density at radius 1 is 1.31 bits per heavy atom. The molecule has 0 bridgehead atoms. The highest BCUT2D eigenvalue weighted by Crippen LogP contribution is 2.26. The smallest absolute Gasteiger partial charge is 0.213 e. The fraction of sp³-hybridized carbons (Fsp3) is 0.333. The van der Waals surface area contributed by atoms with Crippen molar-refractivity contribution in [1.82, 2.24) is 10.1 Å². The number of rotatable bonds is 4. The SMILES string of the molecule is CC(C)c1ccccc1OCc1ncon1. The lowest BCUT2D eigenvalue weighted by atomic mass is 10.0. The van der Waals surface area contributed by atoms with E-state index in [-0.39, 0.29) is 0 Å². The van der Waals surface area contributed by atoms with Crippen molar-refractivity contribution in [3.05, 3.63) is 42.0 Å². The number of hydrogen-bond donors (Lipinski definition) is 0. The van der Waals surface area contributed by atoms with E-state index in [1.54, 1.807) is 0 Å². The van der Waals surface area contributed by atoms with Crippen LogP contribution in [-0.2, 0) is 6.61 Å². The average molecular weight is 218 g/mol. The van der Waals surface area contributed by atoms with E-state index in [1.165, 1.54) is 12.0 Å². The van der Waals surface area contributed by atoms with Gasteiger partial charge in [0.15, 0.2) is 6.61 Å². The van der Waals surface area contributed by atoms with Crippen molar-refractivity contribution >= 4 is 0 Å². The summed E-state index contributed by atoms with van der Waals surface area (Å²) in [6, 6.07) is 7.99. The topological polar surface area (TPSA) is 48.2 Å². The van der Waals surface area contributed by atoms with E-state index >= 15 is 0 Å². The first-order chi connectivity index (χ1) is 7.77. The molecule has 84 valence electrons. The summed E-state index contributed by atoms with van der Waals surface area (Å²) in [6.07, 6.45) is 1.30. The van der Waals surface area contributed by atoms with Gasteiger partial charge >= 0.3 is 0 Å². The Balaban J connectivity index is 2.09. The van der Waals surface area contributed by atoms with Gasteiger partial charge in [-0.25, -0.2) is 0 Å². The van der Waals surface area contributed by atoms with Crippen LogP contribution in [-0.4, -0.2) is 10.1 Å². The second-order valence-electron chi connectivity index (χ2n) is 3.83. The summed E-state index contributed by atoms with van der Waals surface area (Å²) in [5.74, 6) is 1.86. The zero-order valence-electron chi connectivity index (χ0n) is 9.38. The van der Waals surface area contributed by atoms with Crippen molar-refractivity contribution in [3.63, 3.8) is 0 Å². The molecule has 1 aromatic carbocycles. The van der Waals surface area contributed by atoms with Crippen molar-refractivity contribution in [1.29, 1.82) is 0 Å². The molecule has 1 aromatic heterocycles. The van der Waals surface area contributed by atoms with E-state index in [4.69, 9.17) is 4.74 Å². The molecule has 0 amide bonds. The fourth-order valence-electron chi connectivity index (χ4n) is 1.49. The number of aromatic nitrogens is 2. The van der Waals surface area contributed by atoms with Crippen LogP contribution in [0.15, 0.2) is 35.2 Å². The van der Waals surface area contributed by atoms with Crippen LogP contribution in [0.3, 0.4) is 0 Å². The third kappa shape index (κ3) is 2.39. The van der Waals surface area contributed by atoms with E-state index in [0.717, 1.165) is 5.75 Å². The van der Waals surface area contributed by atoms with E-state index < -0.39 is 0 Å². The normalized spacial score (nSPS) is 10.7. The van der Waals surface area contributed by atoms with E-state index in [2.05, 4.69) is 34.6 Å². The van der Waals surface area contributed by atoms with Gasteiger partial charge in [0.05, 0.1) is 0 Å². The molecule has 0 aliphatic carbocycles. The third-order valence-corrected chi connectivity index (χ3v) is 2.30. The van der Waals surface area contributed by atoms with Gasteiger partial charge in [-0.15, -0.1) is 0 Å². The summed E-state index contributed by atoms with van der Waals surface area (Å²) in [7, 11) is 0. The molecule has 0 saturated carbocycles. The largest absolute Gasteiger partial charge is 0.485 e. The third-order valence-electron chi connectivity index (χ3n) is 2.30. The van der Waals surface area contributed by atoms with Crippen molar-refractivity contribution in [2.45, 2.75) is 26.4 Å². The maximum Gasteiger partial charge on any atom is 0.213 e. The van der Waals surface area contributed by atoms with Gasteiger partial charge in [-0.05, 0) is 17.5 Å².